The number of nitrogens with two attached hydrogens (primary N) is 1. The standard InChI is InChI=1S/C16H24N2O3.ClH/c1-20-14-6-3-11(9-15(14)21-2)7-8-18-16(19)12-4-5-13(17)10-12;/h3,6,9,12-13H,4-5,7-8,10,17H2,1-2H3,(H,18,19);1H. The molecule has 0 saturated heterocycles. The Morgan fingerprint density at radius 1 is 1.27 bits per heavy atom. The number of rotatable bonds is 6. The Morgan fingerprint density at radius 3 is 2.59 bits per heavy atom. The highest BCUT2D eigenvalue weighted by Crippen LogP contribution is 2.27. The van der Waals surface area contributed by atoms with Gasteiger partial charge in [-0.05, 0) is 43.4 Å². The van der Waals surface area contributed by atoms with E-state index in [2.05, 4.69) is 5.32 Å². The smallest absolute Gasteiger partial charge is 0.223 e. The molecule has 1 aliphatic rings. The molecule has 0 aromatic heterocycles. The van der Waals surface area contributed by atoms with E-state index in [1.807, 2.05) is 18.2 Å². The van der Waals surface area contributed by atoms with Gasteiger partial charge in [-0.1, -0.05) is 6.07 Å². The first-order valence-electron chi connectivity index (χ1n) is 7.38. The molecule has 1 aromatic rings. The molecule has 1 amide bonds. The third-order valence-corrected chi connectivity index (χ3v) is 4.00. The van der Waals surface area contributed by atoms with Crippen LogP contribution in [-0.4, -0.2) is 32.7 Å². The molecule has 5 nitrogen and oxygen atoms in total. The summed E-state index contributed by atoms with van der Waals surface area (Å²) in [6.07, 6.45) is 3.43. The van der Waals surface area contributed by atoms with E-state index in [0.717, 1.165) is 31.2 Å². The second-order valence-corrected chi connectivity index (χ2v) is 5.50. The number of hydrogen-bond acceptors (Lipinski definition) is 4. The predicted octanol–water partition coefficient (Wildman–Crippen LogP) is 1.91. The average Bonchev–Trinajstić information content (AvgIpc) is 2.93. The highest BCUT2D eigenvalue weighted by molar-refractivity contribution is 5.85. The fraction of sp³-hybridized carbons (Fsp3) is 0.562. The van der Waals surface area contributed by atoms with Crippen LogP contribution in [0.5, 0.6) is 11.5 Å². The lowest BCUT2D eigenvalue weighted by Gasteiger charge is -2.12. The number of benzene rings is 1. The first kappa shape index (κ1) is 18.6. The number of methoxy groups -OCH3 is 2. The van der Waals surface area contributed by atoms with Crippen molar-refractivity contribution in [2.45, 2.75) is 31.7 Å². The Kier molecular flexibility index (Phi) is 7.48. The van der Waals surface area contributed by atoms with Crippen molar-refractivity contribution in [2.75, 3.05) is 20.8 Å². The molecular weight excluding hydrogens is 304 g/mol. The molecule has 0 aliphatic heterocycles. The number of halogens is 1. The molecule has 22 heavy (non-hydrogen) atoms. The van der Waals surface area contributed by atoms with Gasteiger partial charge in [-0.15, -0.1) is 12.4 Å². The van der Waals surface area contributed by atoms with Crippen LogP contribution in [-0.2, 0) is 11.2 Å². The van der Waals surface area contributed by atoms with Crippen molar-refractivity contribution in [3.05, 3.63) is 23.8 Å². The predicted molar refractivity (Wildman–Crippen MR) is 88.8 cm³/mol. The van der Waals surface area contributed by atoms with E-state index in [9.17, 15) is 4.79 Å². The monoisotopic (exact) mass is 328 g/mol. The largest absolute Gasteiger partial charge is 0.493 e. The van der Waals surface area contributed by atoms with Gasteiger partial charge in [-0.3, -0.25) is 4.79 Å². The number of nitrogens with one attached hydrogen (secondary N) is 1. The summed E-state index contributed by atoms with van der Waals surface area (Å²) in [5.41, 5.74) is 6.94. The summed E-state index contributed by atoms with van der Waals surface area (Å²) in [5, 5.41) is 2.99. The van der Waals surface area contributed by atoms with Crippen LogP contribution in [0.2, 0.25) is 0 Å². The van der Waals surface area contributed by atoms with Gasteiger partial charge in [0.25, 0.3) is 0 Å². The molecule has 124 valence electrons. The maximum absolute atomic E-state index is 12.0. The zero-order chi connectivity index (χ0) is 15.2. The van der Waals surface area contributed by atoms with E-state index in [0.29, 0.717) is 18.0 Å². The Morgan fingerprint density at radius 2 is 2.00 bits per heavy atom. The maximum atomic E-state index is 12.0. The van der Waals surface area contributed by atoms with E-state index in [1.54, 1.807) is 14.2 Å². The molecule has 0 heterocycles. The van der Waals surface area contributed by atoms with E-state index in [4.69, 9.17) is 15.2 Å². The summed E-state index contributed by atoms with van der Waals surface area (Å²) in [5.74, 6) is 1.64. The van der Waals surface area contributed by atoms with Crippen LogP contribution in [0.4, 0.5) is 0 Å². The first-order chi connectivity index (χ1) is 10.1. The van der Waals surface area contributed by atoms with Gasteiger partial charge in [0.1, 0.15) is 0 Å². The summed E-state index contributed by atoms with van der Waals surface area (Å²) in [4.78, 5) is 12.0. The summed E-state index contributed by atoms with van der Waals surface area (Å²) in [6, 6.07) is 5.99. The molecule has 1 saturated carbocycles. The van der Waals surface area contributed by atoms with Gasteiger partial charge in [-0.25, -0.2) is 0 Å². The Bertz CT molecular complexity index is 496. The summed E-state index contributed by atoms with van der Waals surface area (Å²) in [6.45, 7) is 0.625. The molecule has 1 fully saturated rings. The second kappa shape index (κ2) is 8.86. The van der Waals surface area contributed by atoms with Crippen LogP contribution in [0.15, 0.2) is 18.2 Å². The average molecular weight is 329 g/mol. The van der Waals surface area contributed by atoms with Crippen LogP contribution in [0.3, 0.4) is 0 Å². The second-order valence-electron chi connectivity index (χ2n) is 5.50. The molecule has 3 N–H and O–H groups in total. The van der Waals surface area contributed by atoms with Crippen molar-refractivity contribution in [1.29, 1.82) is 0 Å². The zero-order valence-electron chi connectivity index (χ0n) is 13.1. The van der Waals surface area contributed by atoms with Gasteiger partial charge in [0.15, 0.2) is 11.5 Å². The van der Waals surface area contributed by atoms with Gasteiger partial charge in [0.2, 0.25) is 5.91 Å². The van der Waals surface area contributed by atoms with Crippen LogP contribution < -0.4 is 20.5 Å². The normalized spacial score (nSPS) is 20.1. The van der Waals surface area contributed by atoms with Crippen molar-refractivity contribution >= 4 is 18.3 Å². The van der Waals surface area contributed by atoms with Crippen LogP contribution in [0.1, 0.15) is 24.8 Å². The van der Waals surface area contributed by atoms with E-state index in [-0.39, 0.29) is 30.3 Å². The van der Waals surface area contributed by atoms with E-state index in [1.165, 1.54) is 0 Å². The molecule has 0 spiro atoms. The Balaban J connectivity index is 0.00000242. The minimum Gasteiger partial charge on any atom is -0.493 e. The summed E-state index contributed by atoms with van der Waals surface area (Å²) in [7, 11) is 3.23. The van der Waals surface area contributed by atoms with Crippen molar-refractivity contribution in [1.82, 2.24) is 5.32 Å². The van der Waals surface area contributed by atoms with E-state index >= 15 is 0 Å². The minimum absolute atomic E-state index is 0. The highest BCUT2D eigenvalue weighted by Gasteiger charge is 2.27. The van der Waals surface area contributed by atoms with Crippen molar-refractivity contribution in [2.24, 2.45) is 11.7 Å². The zero-order valence-corrected chi connectivity index (χ0v) is 13.9. The van der Waals surface area contributed by atoms with Crippen LogP contribution in [0.25, 0.3) is 0 Å². The SMILES string of the molecule is COc1ccc(CCNC(=O)C2CCC(N)C2)cc1OC.Cl. The summed E-state index contributed by atoms with van der Waals surface area (Å²) < 4.78 is 10.5. The van der Waals surface area contributed by atoms with Gasteiger partial charge in [-0.2, -0.15) is 0 Å². The fourth-order valence-electron chi connectivity index (χ4n) is 2.77. The topological polar surface area (TPSA) is 73.6 Å². The van der Waals surface area contributed by atoms with Crippen LogP contribution in [0, 0.1) is 5.92 Å². The molecule has 2 rings (SSSR count). The molecule has 2 unspecified atom stereocenters. The van der Waals surface area contributed by atoms with Crippen LogP contribution >= 0.6 is 12.4 Å². The third-order valence-electron chi connectivity index (χ3n) is 4.00. The van der Waals surface area contributed by atoms with Gasteiger partial charge in [0.05, 0.1) is 14.2 Å². The molecule has 0 radical (unpaired) electrons. The molecular formula is C16H25ClN2O3. The van der Waals surface area contributed by atoms with Crippen molar-refractivity contribution in [3.63, 3.8) is 0 Å². The lowest BCUT2D eigenvalue weighted by atomic mass is 10.1. The first-order valence-corrected chi connectivity index (χ1v) is 7.38. The van der Waals surface area contributed by atoms with Crippen molar-refractivity contribution < 1.29 is 14.3 Å². The molecule has 1 aromatic carbocycles. The number of amides is 1. The molecule has 6 heteroatoms. The molecule has 2 atom stereocenters. The number of carbonyl (C=O) groups is 1. The number of hydrogen-bond donors (Lipinski definition) is 2. The van der Waals surface area contributed by atoms with Gasteiger partial charge in [0, 0.05) is 18.5 Å². The minimum atomic E-state index is 0. The van der Waals surface area contributed by atoms with Gasteiger partial charge >= 0.3 is 0 Å². The Hall–Kier alpha value is -1.46. The van der Waals surface area contributed by atoms with Gasteiger partial charge < -0.3 is 20.5 Å². The van der Waals surface area contributed by atoms with E-state index < -0.39 is 0 Å². The number of carbonyl (C=O) groups excluding carboxylic acids is 1. The fourth-order valence-corrected chi connectivity index (χ4v) is 2.77. The summed E-state index contributed by atoms with van der Waals surface area (Å²) >= 11 is 0. The maximum Gasteiger partial charge on any atom is 0.223 e. The quantitative estimate of drug-likeness (QED) is 0.836. The van der Waals surface area contributed by atoms with Crippen molar-refractivity contribution in [3.8, 4) is 11.5 Å². The number of ether oxygens (including phenoxy) is 2. The Labute approximate surface area is 138 Å². The lowest BCUT2D eigenvalue weighted by Crippen LogP contribution is -2.31. The third kappa shape index (κ3) is 4.78. The lowest BCUT2D eigenvalue weighted by molar-refractivity contribution is -0.124. The molecule has 0 bridgehead atoms. The molecule has 1 aliphatic carbocycles. The highest BCUT2D eigenvalue weighted by atomic mass is 35.5.